The molecule has 1 aromatic carbocycles. The lowest BCUT2D eigenvalue weighted by atomic mass is 9.94. The molecular weight excluding hydrogens is 275 g/mol. The van der Waals surface area contributed by atoms with Crippen molar-refractivity contribution >= 4 is 27.5 Å². The van der Waals surface area contributed by atoms with Gasteiger partial charge < -0.3 is 5.11 Å². The van der Waals surface area contributed by atoms with Gasteiger partial charge in [0.25, 0.3) is 0 Å². The summed E-state index contributed by atoms with van der Waals surface area (Å²) in [5, 5.41) is 10.9. The van der Waals surface area contributed by atoms with E-state index in [-0.39, 0.29) is 0 Å². The third-order valence-corrected chi connectivity index (χ3v) is 4.46. The van der Waals surface area contributed by atoms with Crippen LogP contribution in [0.5, 0.6) is 0 Å². The minimum atomic E-state index is -0.405. The van der Waals surface area contributed by atoms with Crippen molar-refractivity contribution in [3.05, 3.63) is 33.3 Å². The molecule has 0 aliphatic heterocycles. The van der Waals surface area contributed by atoms with Crippen molar-refractivity contribution in [3.8, 4) is 0 Å². The first-order chi connectivity index (χ1) is 7.20. The SMILES string of the molecule is OC(c1cccc(Br)c1Cl)C1CCCC1. The van der Waals surface area contributed by atoms with Gasteiger partial charge in [0.1, 0.15) is 0 Å². The molecule has 1 aliphatic carbocycles. The van der Waals surface area contributed by atoms with Gasteiger partial charge in [0.15, 0.2) is 0 Å². The molecule has 1 N–H and O–H groups in total. The van der Waals surface area contributed by atoms with Gasteiger partial charge in [0, 0.05) is 10.0 Å². The van der Waals surface area contributed by atoms with Crippen molar-refractivity contribution in [1.82, 2.24) is 0 Å². The summed E-state index contributed by atoms with van der Waals surface area (Å²) < 4.78 is 0.860. The molecule has 15 heavy (non-hydrogen) atoms. The summed E-state index contributed by atoms with van der Waals surface area (Å²) in [6.07, 6.45) is 4.28. The van der Waals surface area contributed by atoms with Crippen molar-refractivity contribution in [1.29, 1.82) is 0 Å². The average molecular weight is 290 g/mol. The molecule has 0 spiro atoms. The number of rotatable bonds is 2. The van der Waals surface area contributed by atoms with Gasteiger partial charge in [-0.3, -0.25) is 0 Å². The molecular formula is C12H14BrClO. The summed E-state index contributed by atoms with van der Waals surface area (Å²) in [7, 11) is 0. The summed E-state index contributed by atoms with van der Waals surface area (Å²) in [6.45, 7) is 0. The second-order valence-corrected chi connectivity index (χ2v) is 5.36. The average Bonchev–Trinajstić information content (AvgIpc) is 2.74. The van der Waals surface area contributed by atoms with E-state index in [0.29, 0.717) is 10.9 Å². The first kappa shape index (κ1) is 11.4. The highest BCUT2D eigenvalue weighted by atomic mass is 79.9. The van der Waals surface area contributed by atoms with E-state index in [0.717, 1.165) is 22.9 Å². The Morgan fingerprint density at radius 1 is 1.33 bits per heavy atom. The van der Waals surface area contributed by atoms with Crippen molar-refractivity contribution < 1.29 is 5.11 Å². The Bertz CT molecular complexity index is 347. The lowest BCUT2D eigenvalue weighted by Gasteiger charge is -2.19. The highest BCUT2D eigenvalue weighted by molar-refractivity contribution is 9.10. The lowest BCUT2D eigenvalue weighted by molar-refractivity contribution is 0.111. The predicted molar refractivity (Wildman–Crippen MR) is 66.1 cm³/mol. The molecule has 1 aromatic rings. The molecule has 0 amide bonds. The summed E-state index contributed by atoms with van der Waals surface area (Å²) in [5.74, 6) is 0.386. The maximum absolute atomic E-state index is 10.2. The zero-order valence-corrected chi connectivity index (χ0v) is 10.8. The quantitative estimate of drug-likeness (QED) is 0.859. The number of aliphatic hydroxyl groups is 1. The molecule has 82 valence electrons. The maximum atomic E-state index is 10.2. The van der Waals surface area contributed by atoms with Crippen LogP contribution in [0, 0.1) is 5.92 Å². The third kappa shape index (κ3) is 2.38. The van der Waals surface area contributed by atoms with Crippen LogP contribution in [-0.4, -0.2) is 5.11 Å². The van der Waals surface area contributed by atoms with Gasteiger partial charge in [-0.05, 0) is 40.8 Å². The monoisotopic (exact) mass is 288 g/mol. The second kappa shape index (κ2) is 4.86. The topological polar surface area (TPSA) is 20.2 Å². The van der Waals surface area contributed by atoms with Crippen LogP contribution in [0.1, 0.15) is 37.4 Å². The standard InChI is InChI=1S/C12H14BrClO/c13-10-7-3-6-9(11(10)14)12(15)8-4-1-2-5-8/h3,6-8,12,15H,1-2,4-5H2. The molecule has 0 radical (unpaired) electrons. The van der Waals surface area contributed by atoms with Gasteiger partial charge in [0.2, 0.25) is 0 Å². The van der Waals surface area contributed by atoms with Crippen LogP contribution in [0.2, 0.25) is 5.02 Å². The maximum Gasteiger partial charge on any atom is 0.0832 e. The van der Waals surface area contributed by atoms with Crippen LogP contribution in [0.4, 0.5) is 0 Å². The molecule has 0 heterocycles. The summed E-state index contributed by atoms with van der Waals surface area (Å²) in [5.41, 5.74) is 0.859. The second-order valence-electron chi connectivity index (χ2n) is 4.13. The zero-order chi connectivity index (χ0) is 10.8. The van der Waals surface area contributed by atoms with E-state index in [1.54, 1.807) is 0 Å². The smallest absolute Gasteiger partial charge is 0.0832 e. The highest BCUT2D eigenvalue weighted by Crippen LogP contribution is 2.39. The van der Waals surface area contributed by atoms with Crippen molar-refractivity contribution in [2.75, 3.05) is 0 Å². The van der Waals surface area contributed by atoms with E-state index in [9.17, 15) is 5.11 Å². The summed E-state index contributed by atoms with van der Waals surface area (Å²) in [6, 6.07) is 5.73. The van der Waals surface area contributed by atoms with Gasteiger partial charge >= 0.3 is 0 Å². The molecule has 0 bridgehead atoms. The van der Waals surface area contributed by atoms with E-state index < -0.39 is 6.10 Å². The van der Waals surface area contributed by atoms with Crippen LogP contribution < -0.4 is 0 Å². The van der Waals surface area contributed by atoms with Crippen LogP contribution in [0.3, 0.4) is 0 Å². The number of benzene rings is 1. The number of hydrogen-bond donors (Lipinski definition) is 1. The van der Waals surface area contributed by atoms with Crippen LogP contribution in [-0.2, 0) is 0 Å². The van der Waals surface area contributed by atoms with Crippen molar-refractivity contribution in [2.24, 2.45) is 5.92 Å². The molecule has 1 nitrogen and oxygen atoms in total. The Morgan fingerprint density at radius 2 is 2.00 bits per heavy atom. The number of hydrogen-bond acceptors (Lipinski definition) is 1. The van der Waals surface area contributed by atoms with Gasteiger partial charge in [-0.15, -0.1) is 0 Å². The predicted octanol–water partition coefficient (Wildman–Crippen LogP) is 4.33. The van der Waals surface area contributed by atoms with Gasteiger partial charge in [0.05, 0.1) is 11.1 Å². The molecule has 0 aromatic heterocycles. The van der Waals surface area contributed by atoms with Crippen LogP contribution in [0.25, 0.3) is 0 Å². The van der Waals surface area contributed by atoms with Crippen molar-refractivity contribution in [3.63, 3.8) is 0 Å². The van der Waals surface area contributed by atoms with Crippen LogP contribution >= 0.6 is 27.5 Å². The lowest BCUT2D eigenvalue weighted by Crippen LogP contribution is -2.09. The van der Waals surface area contributed by atoms with E-state index in [2.05, 4.69) is 15.9 Å². The fourth-order valence-corrected chi connectivity index (χ4v) is 2.90. The molecule has 3 heteroatoms. The molecule has 1 aliphatic rings. The van der Waals surface area contributed by atoms with E-state index in [1.807, 2.05) is 18.2 Å². The Morgan fingerprint density at radius 3 is 2.67 bits per heavy atom. The summed E-state index contributed by atoms with van der Waals surface area (Å²) >= 11 is 9.54. The summed E-state index contributed by atoms with van der Waals surface area (Å²) in [4.78, 5) is 0. The van der Waals surface area contributed by atoms with Gasteiger partial charge in [-0.2, -0.15) is 0 Å². The normalized spacial score (nSPS) is 19.4. The van der Waals surface area contributed by atoms with E-state index >= 15 is 0 Å². The molecule has 1 saturated carbocycles. The van der Waals surface area contributed by atoms with E-state index in [1.165, 1.54) is 12.8 Å². The molecule has 1 atom stereocenters. The van der Waals surface area contributed by atoms with Crippen molar-refractivity contribution in [2.45, 2.75) is 31.8 Å². The molecule has 1 unspecified atom stereocenters. The zero-order valence-electron chi connectivity index (χ0n) is 8.42. The number of aliphatic hydroxyl groups excluding tert-OH is 1. The largest absolute Gasteiger partial charge is 0.388 e. The molecule has 2 rings (SSSR count). The first-order valence-corrected chi connectivity index (χ1v) is 6.49. The highest BCUT2D eigenvalue weighted by Gasteiger charge is 2.26. The van der Waals surface area contributed by atoms with E-state index in [4.69, 9.17) is 11.6 Å². The van der Waals surface area contributed by atoms with Crippen LogP contribution in [0.15, 0.2) is 22.7 Å². The fraction of sp³-hybridized carbons (Fsp3) is 0.500. The molecule has 1 fully saturated rings. The minimum Gasteiger partial charge on any atom is -0.388 e. The first-order valence-electron chi connectivity index (χ1n) is 5.32. The minimum absolute atomic E-state index is 0.386. The number of halogens is 2. The fourth-order valence-electron chi connectivity index (χ4n) is 2.28. The molecule has 0 saturated heterocycles. The third-order valence-electron chi connectivity index (χ3n) is 3.15. The van der Waals surface area contributed by atoms with Gasteiger partial charge in [-0.1, -0.05) is 36.6 Å². The van der Waals surface area contributed by atoms with Gasteiger partial charge in [-0.25, -0.2) is 0 Å². The Labute approximate surface area is 104 Å². The Hall–Kier alpha value is -0.0500. The Balaban J connectivity index is 2.24. The Kier molecular flexibility index (Phi) is 3.70.